The summed E-state index contributed by atoms with van der Waals surface area (Å²) >= 11 is 12.8. The number of para-hydroxylation sites is 1. The molecule has 1 N–H and O–H groups in total. The number of piperidine rings is 1. The molecule has 0 bridgehead atoms. The number of anilines is 1. The lowest BCUT2D eigenvalue weighted by Gasteiger charge is -2.52. The van der Waals surface area contributed by atoms with Crippen molar-refractivity contribution in [3.63, 3.8) is 0 Å². The number of hydrogen-bond donors (Lipinski definition) is 1. The van der Waals surface area contributed by atoms with E-state index >= 15 is 0 Å². The third kappa shape index (κ3) is 7.00. The van der Waals surface area contributed by atoms with Crippen LogP contribution in [0.2, 0.25) is 10.0 Å². The normalized spacial score (nSPS) is 23.3. The van der Waals surface area contributed by atoms with Crippen molar-refractivity contribution in [2.45, 2.75) is 76.1 Å². The molecule has 0 radical (unpaired) electrons. The Labute approximate surface area is 271 Å². The summed E-state index contributed by atoms with van der Waals surface area (Å²) in [6, 6.07) is 23.2. The fourth-order valence-electron chi connectivity index (χ4n) is 6.39. The van der Waals surface area contributed by atoms with Gasteiger partial charge in [-0.05, 0) is 93.5 Å². The Morgan fingerprint density at radius 1 is 0.955 bits per heavy atom. The number of rotatable bonds is 9. The van der Waals surface area contributed by atoms with Gasteiger partial charge >= 0.3 is 0 Å². The fraction of sp³-hybridized carbons (Fsp3) is 0.429. The summed E-state index contributed by atoms with van der Waals surface area (Å²) in [5, 5.41) is 4.08. The van der Waals surface area contributed by atoms with E-state index in [9.17, 15) is 18.0 Å². The molecule has 2 aliphatic rings. The topological polar surface area (TPSA) is 83.6 Å². The first-order valence-corrected chi connectivity index (χ1v) is 17.5. The molecule has 4 atom stereocenters. The molecule has 0 spiro atoms. The van der Waals surface area contributed by atoms with Crippen molar-refractivity contribution in [3.05, 3.63) is 100 Å². The van der Waals surface area contributed by atoms with Gasteiger partial charge in [0.2, 0.25) is 11.8 Å². The first kappa shape index (κ1) is 32.5. The molecule has 0 aromatic heterocycles. The lowest BCUT2D eigenvalue weighted by molar-refractivity contribution is -0.156. The van der Waals surface area contributed by atoms with Crippen molar-refractivity contribution in [2.75, 3.05) is 11.1 Å². The van der Waals surface area contributed by atoms with Crippen molar-refractivity contribution in [1.82, 2.24) is 4.90 Å². The summed E-state index contributed by atoms with van der Waals surface area (Å²) in [6.07, 6.45) is 2.01. The van der Waals surface area contributed by atoms with Crippen LogP contribution < -0.4 is 5.32 Å². The summed E-state index contributed by atoms with van der Waals surface area (Å²) in [4.78, 5) is 30.3. The second-order valence-corrected chi connectivity index (χ2v) is 17.2. The molecule has 9 heteroatoms. The average Bonchev–Trinajstić information content (AvgIpc) is 3.79. The number of hydrogen-bond acceptors (Lipinski definition) is 4. The zero-order valence-electron chi connectivity index (χ0n) is 25.6. The minimum absolute atomic E-state index is 0.0476. The highest BCUT2D eigenvalue weighted by Gasteiger charge is 2.55. The van der Waals surface area contributed by atoms with Crippen molar-refractivity contribution in [2.24, 2.45) is 11.3 Å². The van der Waals surface area contributed by atoms with Crippen LogP contribution in [0.1, 0.15) is 76.5 Å². The molecular weight excluding hydrogens is 615 g/mol. The number of nitrogens with zero attached hydrogens (tertiary/aromatic N) is 1. The van der Waals surface area contributed by atoms with Crippen LogP contribution in [0.3, 0.4) is 0 Å². The molecule has 2 amide bonds. The Balaban J connectivity index is 1.65. The molecule has 44 heavy (non-hydrogen) atoms. The van der Waals surface area contributed by atoms with Gasteiger partial charge in [0, 0.05) is 34.1 Å². The predicted molar refractivity (Wildman–Crippen MR) is 178 cm³/mol. The van der Waals surface area contributed by atoms with Crippen LogP contribution in [0.5, 0.6) is 0 Å². The van der Waals surface area contributed by atoms with Gasteiger partial charge in [0.05, 0.1) is 22.0 Å². The average molecular weight is 656 g/mol. The van der Waals surface area contributed by atoms with E-state index < -0.39 is 32.1 Å². The third-order valence-electron chi connectivity index (χ3n) is 9.05. The summed E-state index contributed by atoms with van der Waals surface area (Å²) in [5.74, 6) is -0.843. The van der Waals surface area contributed by atoms with Crippen molar-refractivity contribution < 1.29 is 18.0 Å². The molecule has 3 aromatic carbocycles. The van der Waals surface area contributed by atoms with E-state index in [4.69, 9.17) is 23.2 Å². The van der Waals surface area contributed by atoms with Gasteiger partial charge in [-0.2, -0.15) is 0 Å². The Morgan fingerprint density at radius 2 is 1.61 bits per heavy atom. The predicted octanol–water partition coefficient (Wildman–Crippen LogP) is 8.08. The van der Waals surface area contributed by atoms with Gasteiger partial charge in [0.15, 0.2) is 9.84 Å². The molecule has 1 aliphatic carbocycles. The molecular formula is C35H40Cl2N2O4S. The largest absolute Gasteiger partial charge is 0.330 e. The maximum absolute atomic E-state index is 14.9. The highest BCUT2D eigenvalue weighted by molar-refractivity contribution is 7.92. The maximum atomic E-state index is 14.9. The zero-order valence-corrected chi connectivity index (χ0v) is 27.9. The summed E-state index contributed by atoms with van der Waals surface area (Å²) in [7, 11) is -3.59. The molecule has 2 fully saturated rings. The highest BCUT2D eigenvalue weighted by Crippen LogP contribution is 2.54. The zero-order chi connectivity index (χ0) is 31.9. The Hall–Kier alpha value is -2.87. The van der Waals surface area contributed by atoms with Gasteiger partial charge in [0.25, 0.3) is 0 Å². The van der Waals surface area contributed by atoms with Gasteiger partial charge in [-0.15, -0.1) is 0 Å². The minimum Gasteiger partial charge on any atom is -0.330 e. The van der Waals surface area contributed by atoms with E-state index in [-0.39, 0.29) is 35.8 Å². The molecule has 6 nitrogen and oxygen atoms in total. The Kier molecular flexibility index (Phi) is 9.23. The molecule has 1 saturated heterocycles. The van der Waals surface area contributed by atoms with Gasteiger partial charge < -0.3 is 10.2 Å². The number of carbonyl (C=O) groups is 2. The lowest BCUT2D eigenvalue weighted by Crippen LogP contribution is -2.59. The molecule has 1 aliphatic heterocycles. The van der Waals surface area contributed by atoms with Gasteiger partial charge in [0.1, 0.15) is 0 Å². The fourth-order valence-corrected chi connectivity index (χ4v) is 8.10. The highest BCUT2D eigenvalue weighted by atomic mass is 35.5. The van der Waals surface area contributed by atoms with E-state index in [0.717, 1.165) is 24.0 Å². The smallest absolute Gasteiger partial charge is 0.229 e. The van der Waals surface area contributed by atoms with Crippen LogP contribution in [0.25, 0.3) is 0 Å². The van der Waals surface area contributed by atoms with Crippen molar-refractivity contribution in [3.8, 4) is 0 Å². The Bertz CT molecular complexity index is 1620. The number of likely N-dealkylation sites (tertiary alicyclic amines) is 1. The second kappa shape index (κ2) is 12.5. The number of amides is 2. The van der Waals surface area contributed by atoms with Gasteiger partial charge in [-0.25, -0.2) is 8.42 Å². The van der Waals surface area contributed by atoms with Crippen LogP contribution in [-0.4, -0.2) is 41.7 Å². The molecule has 1 saturated carbocycles. The number of carbonyl (C=O) groups excluding carboxylic acids is 2. The second-order valence-electron chi connectivity index (χ2n) is 13.5. The van der Waals surface area contributed by atoms with E-state index in [1.165, 1.54) is 0 Å². The van der Waals surface area contributed by atoms with Crippen LogP contribution >= 0.6 is 23.2 Å². The molecule has 3 aromatic rings. The lowest BCUT2D eigenvalue weighted by atomic mass is 9.67. The van der Waals surface area contributed by atoms with Crippen molar-refractivity contribution in [1.29, 1.82) is 0 Å². The first-order valence-electron chi connectivity index (χ1n) is 15.1. The molecule has 1 unspecified atom stereocenters. The molecule has 234 valence electrons. The standard InChI is InChI=1S/C35H40Cl2N2O4S/c1-34(2,3)44(42,43)22-30(23-13-14-23)39-32(24-15-17-26(36)18-16-24)29(25-9-8-10-27(37)19-25)20-35(4,33(39)41)21-31(40)38-28-11-6-5-7-12-28/h5-12,15-19,23,29-30,32H,13-14,20-22H2,1-4H3,(H,38,40)/t29-,30?,32+,35-/m1/s1. The molecule has 1 heterocycles. The third-order valence-corrected chi connectivity index (χ3v) is 12.2. The number of sulfone groups is 1. The summed E-state index contributed by atoms with van der Waals surface area (Å²) in [5.41, 5.74) is 1.34. The van der Waals surface area contributed by atoms with Crippen LogP contribution in [0.4, 0.5) is 5.69 Å². The van der Waals surface area contributed by atoms with E-state index in [1.54, 1.807) is 45.0 Å². The van der Waals surface area contributed by atoms with Crippen LogP contribution in [0, 0.1) is 11.3 Å². The monoisotopic (exact) mass is 654 g/mol. The summed E-state index contributed by atoms with van der Waals surface area (Å²) < 4.78 is 26.5. The SMILES string of the molecule is CC(C)(C)S(=O)(=O)CC(C1CC1)N1C(=O)[C@@](C)(CC(=O)Nc2ccccc2)C[C@H](c2cccc(Cl)c2)[C@@H]1c1ccc(Cl)cc1. The van der Waals surface area contributed by atoms with E-state index in [1.807, 2.05) is 66.4 Å². The van der Waals surface area contributed by atoms with E-state index in [2.05, 4.69) is 5.32 Å². The first-order chi connectivity index (χ1) is 20.7. The number of nitrogens with one attached hydrogen (secondary N) is 1. The van der Waals surface area contributed by atoms with Crippen LogP contribution in [0.15, 0.2) is 78.9 Å². The minimum atomic E-state index is -3.59. The molecule has 5 rings (SSSR count). The van der Waals surface area contributed by atoms with Crippen molar-refractivity contribution >= 4 is 50.5 Å². The van der Waals surface area contributed by atoms with Crippen LogP contribution in [-0.2, 0) is 19.4 Å². The Morgan fingerprint density at radius 3 is 2.20 bits per heavy atom. The van der Waals surface area contributed by atoms with Gasteiger partial charge in [-0.3, -0.25) is 9.59 Å². The maximum Gasteiger partial charge on any atom is 0.229 e. The van der Waals surface area contributed by atoms with E-state index in [0.29, 0.717) is 22.2 Å². The number of halogens is 2. The van der Waals surface area contributed by atoms with Gasteiger partial charge in [-0.1, -0.05) is 72.6 Å². The summed E-state index contributed by atoms with van der Waals surface area (Å²) in [6.45, 7) is 6.94. The number of benzene rings is 3. The quantitative estimate of drug-likeness (QED) is 0.253.